The fourth-order valence-electron chi connectivity index (χ4n) is 6.26. The number of pyridine rings is 1. The summed E-state index contributed by atoms with van der Waals surface area (Å²) in [7, 11) is 0. The summed E-state index contributed by atoms with van der Waals surface area (Å²) in [6.07, 6.45) is 4.64. The zero-order valence-electron chi connectivity index (χ0n) is 16.0. The van der Waals surface area contributed by atoms with Crippen molar-refractivity contribution in [2.75, 3.05) is 5.32 Å². The number of benzene rings is 1. The van der Waals surface area contributed by atoms with Crippen LogP contribution >= 0.6 is 0 Å². The highest BCUT2D eigenvalue weighted by molar-refractivity contribution is 6.04. The second-order valence-electron chi connectivity index (χ2n) is 9.16. The molecule has 1 aromatic heterocycles. The summed E-state index contributed by atoms with van der Waals surface area (Å²) < 4.78 is 38.8. The number of alkyl halides is 3. The molecule has 4 fully saturated rings. The van der Waals surface area contributed by atoms with E-state index in [9.17, 15) is 18.0 Å². The molecular weight excluding hydrogens is 377 g/mol. The fourth-order valence-corrected chi connectivity index (χ4v) is 6.26. The van der Waals surface area contributed by atoms with Gasteiger partial charge in [-0.15, -0.1) is 0 Å². The molecule has 0 radical (unpaired) electrons. The normalized spacial score (nSPS) is 30.4. The molecule has 4 saturated carbocycles. The first-order valence-corrected chi connectivity index (χ1v) is 10.3. The lowest BCUT2D eigenvalue weighted by molar-refractivity contribution is -0.137. The number of aromatic nitrogens is 1. The standard InChI is InChI=1S/C23H23F3N2O/c24-23(25,26)18-2-1-3-19(10-18)28-21(29)17-4-5-27-20(9-17)22-11-14-6-15(12-22)8-16(7-14)13-22/h1-5,9-10,14-16H,6-8,11-13H2,(H,28,29). The van der Waals surface area contributed by atoms with Crippen LogP contribution in [0.1, 0.15) is 60.1 Å². The third-order valence-corrected chi connectivity index (χ3v) is 7.05. The Morgan fingerprint density at radius 3 is 2.28 bits per heavy atom. The summed E-state index contributed by atoms with van der Waals surface area (Å²) >= 11 is 0. The largest absolute Gasteiger partial charge is 0.416 e. The molecule has 2 aromatic rings. The van der Waals surface area contributed by atoms with Crippen LogP contribution in [0.25, 0.3) is 0 Å². The summed E-state index contributed by atoms with van der Waals surface area (Å²) in [6.45, 7) is 0. The molecule has 1 aromatic carbocycles. The van der Waals surface area contributed by atoms with E-state index in [1.54, 1.807) is 12.3 Å². The number of nitrogens with one attached hydrogen (secondary N) is 1. The molecule has 6 rings (SSSR count). The van der Waals surface area contributed by atoms with E-state index in [0.29, 0.717) is 5.56 Å². The van der Waals surface area contributed by atoms with Crippen LogP contribution in [0.15, 0.2) is 42.6 Å². The highest BCUT2D eigenvalue weighted by Crippen LogP contribution is 2.60. The zero-order chi connectivity index (χ0) is 20.2. The zero-order valence-corrected chi connectivity index (χ0v) is 16.0. The van der Waals surface area contributed by atoms with Crippen molar-refractivity contribution in [3.05, 3.63) is 59.4 Å². The highest BCUT2D eigenvalue weighted by atomic mass is 19.4. The molecule has 4 aliphatic rings. The number of carbonyl (C=O) groups excluding carboxylic acids is 1. The fraction of sp³-hybridized carbons (Fsp3) is 0.478. The molecule has 6 heteroatoms. The Morgan fingerprint density at radius 2 is 1.66 bits per heavy atom. The Balaban J connectivity index is 1.39. The molecule has 0 saturated heterocycles. The maximum atomic E-state index is 12.9. The van der Waals surface area contributed by atoms with Crippen LogP contribution in [0, 0.1) is 17.8 Å². The highest BCUT2D eigenvalue weighted by Gasteiger charge is 2.52. The topological polar surface area (TPSA) is 42.0 Å². The van der Waals surface area contributed by atoms with Gasteiger partial charge in [-0.3, -0.25) is 9.78 Å². The molecule has 29 heavy (non-hydrogen) atoms. The van der Waals surface area contributed by atoms with Crippen molar-refractivity contribution in [3.8, 4) is 0 Å². The minimum Gasteiger partial charge on any atom is -0.322 e. The lowest BCUT2D eigenvalue weighted by Gasteiger charge is -2.56. The smallest absolute Gasteiger partial charge is 0.322 e. The molecule has 152 valence electrons. The number of carbonyl (C=O) groups is 1. The Hall–Kier alpha value is -2.37. The number of hydrogen-bond acceptors (Lipinski definition) is 2. The lowest BCUT2D eigenvalue weighted by atomic mass is 9.48. The van der Waals surface area contributed by atoms with Crippen LogP contribution in [0.5, 0.6) is 0 Å². The van der Waals surface area contributed by atoms with Crippen molar-refractivity contribution in [2.24, 2.45) is 17.8 Å². The maximum absolute atomic E-state index is 12.9. The van der Waals surface area contributed by atoms with E-state index in [4.69, 9.17) is 0 Å². The average Bonchev–Trinajstić information content (AvgIpc) is 2.67. The lowest BCUT2D eigenvalue weighted by Crippen LogP contribution is -2.49. The summed E-state index contributed by atoms with van der Waals surface area (Å²) in [5, 5.41) is 2.60. The summed E-state index contributed by atoms with van der Waals surface area (Å²) in [5.41, 5.74) is 0.857. The molecule has 4 bridgehead atoms. The van der Waals surface area contributed by atoms with Gasteiger partial charge in [-0.1, -0.05) is 6.07 Å². The van der Waals surface area contributed by atoms with Gasteiger partial charge in [-0.25, -0.2) is 0 Å². The Morgan fingerprint density at radius 1 is 1.00 bits per heavy atom. The second kappa shape index (κ2) is 6.57. The number of rotatable bonds is 3. The van der Waals surface area contributed by atoms with Gasteiger partial charge in [0.15, 0.2) is 0 Å². The second-order valence-corrected chi connectivity index (χ2v) is 9.16. The van der Waals surface area contributed by atoms with Gasteiger partial charge in [0.25, 0.3) is 5.91 Å². The molecular formula is C23H23F3N2O. The van der Waals surface area contributed by atoms with Gasteiger partial charge in [-0.05, 0) is 86.6 Å². The first-order valence-electron chi connectivity index (χ1n) is 10.3. The van der Waals surface area contributed by atoms with Crippen LogP contribution in [-0.2, 0) is 11.6 Å². The van der Waals surface area contributed by atoms with Gasteiger partial charge in [-0.2, -0.15) is 13.2 Å². The predicted molar refractivity (Wildman–Crippen MR) is 103 cm³/mol. The Kier molecular flexibility index (Phi) is 4.23. The van der Waals surface area contributed by atoms with Crippen LogP contribution < -0.4 is 5.32 Å². The van der Waals surface area contributed by atoms with Crippen LogP contribution in [0.2, 0.25) is 0 Å². The predicted octanol–water partition coefficient (Wildman–Crippen LogP) is 5.82. The van der Waals surface area contributed by atoms with Gasteiger partial charge in [0.2, 0.25) is 0 Å². The summed E-state index contributed by atoms with van der Waals surface area (Å²) in [4.78, 5) is 17.4. The van der Waals surface area contributed by atoms with Gasteiger partial charge < -0.3 is 5.32 Å². The SMILES string of the molecule is O=C(Nc1cccc(C(F)(F)F)c1)c1ccnc(C23CC4CC(CC(C4)C2)C3)c1. The Bertz CT molecular complexity index is 918. The van der Waals surface area contributed by atoms with Crippen LogP contribution in [0.3, 0.4) is 0 Å². The molecule has 1 heterocycles. The minimum atomic E-state index is -4.44. The third-order valence-electron chi connectivity index (χ3n) is 7.05. The molecule has 3 nitrogen and oxygen atoms in total. The van der Waals surface area contributed by atoms with E-state index in [1.807, 2.05) is 6.07 Å². The van der Waals surface area contributed by atoms with E-state index in [-0.39, 0.29) is 11.1 Å². The molecule has 0 spiro atoms. The van der Waals surface area contributed by atoms with E-state index < -0.39 is 17.6 Å². The molecule has 0 atom stereocenters. The van der Waals surface area contributed by atoms with Gasteiger partial charge in [0.1, 0.15) is 0 Å². The van der Waals surface area contributed by atoms with E-state index >= 15 is 0 Å². The van der Waals surface area contributed by atoms with Crippen LogP contribution in [0.4, 0.5) is 18.9 Å². The van der Waals surface area contributed by atoms with Gasteiger partial charge in [0.05, 0.1) is 5.56 Å². The first kappa shape index (κ1) is 18.6. The number of amides is 1. The molecule has 0 aliphatic heterocycles. The summed E-state index contributed by atoms with van der Waals surface area (Å²) in [6, 6.07) is 8.20. The van der Waals surface area contributed by atoms with Gasteiger partial charge in [0, 0.05) is 28.6 Å². The molecule has 0 unspecified atom stereocenters. The van der Waals surface area contributed by atoms with E-state index in [2.05, 4.69) is 10.3 Å². The van der Waals surface area contributed by atoms with E-state index in [1.165, 1.54) is 31.4 Å². The van der Waals surface area contributed by atoms with Crippen molar-refractivity contribution >= 4 is 11.6 Å². The van der Waals surface area contributed by atoms with Crippen molar-refractivity contribution < 1.29 is 18.0 Å². The monoisotopic (exact) mass is 400 g/mol. The number of anilines is 1. The van der Waals surface area contributed by atoms with Crippen molar-refractivity contribution in [1.29, 1.82) is 0 Å². The number of hydrogen-bond donors (Lipinski definition) is 1. The number of nitrogens with zero attached hydrogens (tertiary/aromatic N) is 1. The summed E-state index contributed by atoms with van der Waals surface area (Å²) in [5.74, 6) is 1.90. The number of halogens is 3. The Labute approximate surface area is 167 Å². The molecule has 1 N–H and O–H groups in total. The van der Waals surface area contributed by atoms with E-state index in [0.717, 1.165) is 54.8 Å². The van der Waals surface area contributed by atoms with Crippen molar-refractivity contribution in [2.45, 2.75) is 50.1 Å². The minimum absolute atomic E-state index is 0.0707. The molecule has 4 aliphatic carbocycles. The van der Waals surface area contributed by atoms with Crippen molar-refractivity contribution in [3.63, 3.8) is 0 Å². The van der Waals surface area contributed by atoms with Gasteiger partial charge >= 0.3 is 6.18 Å². The third kappa shape index (κ3) is 3.43. The first-order chi connectivity index (χ1) is 13.8. The van der Waals surface area contributed by atoms with Crippen LogP contribution in [-0.4, -0.2) is 10.9 Å². The van der Waals surface area contributed by atoms with Crippen molar-refractivity contribution in [1.82, 2.24) is 4.98 Å². The quantitative estimate of drug-likeness (QED) is 0.705. The molecule has 1 amide bonds. The average molecular weight is 400 g/mol. The maximum Gasteiger partial charge on any atom is 0.416 e.